The largest absolute Gasteiger partial charge is 0.457 e. The molecule has 0 radical (unpaired) electrons. The number of rotatable bonds is 9. The number of hydrogen-bond acceptors (Lipinski definition) is 5. The van der Waals surface area contributed by atoms with E-state index < -0.39 is 5.41 Å². The molecular weight excluding hydrogens is 493 g/mol. The summed E-state index contributed by atoms with van der Waals surface area (Å²) in [6.45, 7) is 2.02. The first kappa shape index (κ1) is 24.7. The van der Waals surface area contributed by atoms with Crippen LogP contribution >= 0.6 is 0 Å². The zero-order chi connectivity index (χ0) is 27.0. The SMILES string of the molecule is Cc1cc2nccc(Oc3ccc(CC(=O)C4(C(=O)Cc5ccc(F)cc5)CC4)cc3)c2cc1-c1ncc[nH]1. The Bertz CT molecular complexity index is 1670. The van der Waals surface area contributed by atoms with Crippen LogP contribution in [-0.2, 0) is 22.4 Å². The summed E-state index contributed by atoms with van der Waals surface area (Å²) in [5.74, 6) is 1.58. The second-order valence-corrected chi connectivity index (χ2v) is 10.1. The molecule has 6 nitrogen and oxygen atoms in total. The van der Waals surface area contributed by atoms with E-state index in [1.54, 1.807) is 30.7 Å². The van der Waals surface area contributed by atoms with E-state index in [0.717, 1.165) is 39.0 Å². The minimum absolute atomic E-state index is 0.0655. The van der Waals surface area contributed by atoms with Crippen molar-refractivity contribution in [3.8, 4) is 22.9 Å². The number of fused-ring (bicyclic) bond motifs is 1. The Morgan fingerprint density at radius 3 is 2.18 bits per heavy atom. The van der Waals surface area contributed by atoms with Crippen LogP contribution in [0.2, 0.25) is 0 Å². The lowest BCUT2D eigenvalue weighted by Gasteiger charge is -2.14. The first-order valence-corrected chi connectivity index (χ1v) is 12.9. The highest BCUT2D eigenvalue weighted by Gasteiger charge is 2.54. The molecule has 0 amide bonds. The lowest BCUT2D eigenvalue weighted by Crippen LogP contribution is -2.28. The van der Waals surface area contributed by atoms with E-state index in [1.165, 1.54) is 12.1 Å². The van der Waals surface area contributed by atoms with Crippen LogP contribution in [0.4, 0.5) is 4.39 Å². The highest BCUT2D eigenvalue weighted by atomic mass is 19.1. The van der Waals surface area contributed by atoms with Crippen LogP contribution in [0.15, 0.2) is 85.3 Å². The van der Waals surface area contributed by atoms with Crippen molar-refractivity contribution in [3.05, 3.63) is 108 Å². The predicted octanol–water partition coefficient (Wildman–Crippen LogP) is 6.57. The number of aromatic nitrogens is 3. The molecule has 5 aromatic rings. The molecule has 0 spiro atoms. The van der Waals surface area contributed by atoms with Crippen LogP contribution in [0.3, 0.4) is 0 Å². The topological polar surface area (TPSA) is 84.9 Å². The fraction of sp³-hybridized carbons (Fsp3) is 0.188. The highest BCUT2D eigenvalue weighted by Crippen LogP contribution is 2.49. The summed E-state index contributed by atoms with van der Waals surface area (Å²) in [7, 11) is 0. The molecule has 0 saturated heterocycles. The Morgan fingerprint density at radius 2 is 1.56 bits per heavy atom. The molecule has 0 aliphatic heterocycles. The lowest BCUT2D eigenvalue weighted by molar-refractivity contribution is -0.133. The van der Waals surface area contributed by atoms with Crippen LogP contribution in [0.1, 0.15) is 29.5 Å². The maximum Gasteiger partial charge on any atom is 0.150 e. The maximum atomic E-state index is 13.2. The quantitative estimate of drug-likeness (QED) is 0.223. The molecule has 39 heavy (non-hydrogen) atoms. The minimum Gasteiger partial charge on any atom is -0.457 e. The number of ether oxygens (including phenoxy) is 1. The first-order chi connectivity index (χ1) is 18.9. The Kier molecular flexibility index (Phi) is 6.27. The van der Waals surface area contributed by atoms with Gasteiger partial charge in [0.05, 0.1) is 10.9 Å². The monoisotopic (exact) mass is 519 g/mol. The number of carbonyl (C=O) groups excluding carboxylic acids is 2. The molecule has 3 aromatic carbocycles. The average molecular weight is 520 g/mol. The number of imidazole rings is 1. The summed E-state index contributed by atoms with van der Waals surface area (Å²) < 4.78 is 19.4. The summed E-state index contributed by atoms with van der Waals surface area (Å²) in [5, 5.41) is 0.865. The van der Waals surface area contributed by atoms with Gasteiger partial charge in [0.15, 0.2) is 11.6 Å². The van der Waals surface area contributed by atoms with E-state index in [4.69, 9.17) is 4.74 Å². The number of aryl methyl sites for hydroxylation is 1. The van der Waals surface area contributed by atoms with Crippen molar-refractivity contribution in [2.24, 2.45) is 5.41 Å². The van der Waals surface area contributed by atoms with Crippen molar-refractivity contribution in [2.45, 2.75) is 32.6 Å². The molecule has 6 rings (SSSR count). The fourth-order valence-electron chi connectivity index (χ4n) is 4.98. The van der Waals surface area contributed by atoms with Crippen LogP contribution < -0.4 is 4.74 Å². The summed E-state index contributed by atoms with van der Waals surface area (Å²) in [4.78, 5) is 38.1. The second-order valence-electron chi connectivity index (χ2n) is 10.1. The molecule has 0 atom stereocenters. The number of pyridine rings is 1. The third kappa shape index (κ3) is 4.95. The van der Waals surface area contributed by atoms with Gasteiger partial charge in [-0.25, -0.2) is 9.37 Å². The number of carbonyl (C=O) groups is 2. The lowest BCUT2D eigenvalue weighted by atomic mass is 9.88. The van der Waals surface area contributed by atoms with E-state index in [2.05, 4.69) is 15.0 Å². The Morgan fingerprint density at radius 1 is 0.897 bits per heavy atom. The number of benzene rings is 3. The number of nitrogens with zero attached hydrogens (tertiary/aromatic N) is 2. The second kappa shape index (κ2) is 9.91. The van der Waals surface area contributed by atoms with Gasteiger partial charge < -0.3 is 9.72 Å². The minimum atomic E-state index is -0.913. The van der Waals surface area contributed by atoms with Crippen LogP contribution in [0.5, 0.6) is 11.5 Å². The number of halogens is 1. The van der Waals surface area contributed by atoms with Crippen molar-refractivity contribution >= 4 is 22.5 Å². The molecule has 1 aliphatic carbocycles. The van der Waals surface area contributed by atoms with E-state index in [-0.39, 0.29) is 30.2 Å². The Labute approximate surface area is 224 Å². The number of ketones is 2. The molecule has 1 fully saturated rings. The van der Waals surface area contributed by atoms with Gasteiger partial charge in [0, 0.05) is 42.4 Å². The third-order valence-electron chi connectivity index (χ3n) is 7.41. The Hall–Kier alpha value is -4.65. The number of Topliss-reactive ketones (excluding diaryl/α,β-unsaturated/α-hetero) is 2. The summed E-state index contributed by atoms with van der Waals surface area (Å²) in [6.07, 6.45) is 6.69. The van der Waals surface area contributed by atoms with E-state index in [9.17, 15) is 14.0 Å². The zero-order valence-electron chi connectivity index (χ0n) is 21.4. The van der Waals surface area contributed by atoms with Gasteiger partial charge >= 0.3 is 0 Å². The van der Waals surface area contributed by atoms with Crippen LogP contribution in [0.25, 0.3) is 22.3 Å². The van der Waals surface area contributed by atoms with E-state index in [1.807, 2.05) is 49.4 Å². The smallest absolute Gasteiger partial charge is 0.150 e. The fourth-order valence-corrected chi connectivity index (χ4v) is 4.98. The zero-order valence-corrected chi connectivity index (χ0v) is 21.4. The molecular formula is C32H26FN3O3. The number of hydrogen-bond donors (Lipinski definition) is 1. The molecule has 0 bridgehead atoms. The first-order valence-electron chi connectivity index (χ1n) is 12.9. The van der Waals surface area contributed by atoms with Gasteiger partial charge in [0.25, 0.3) is 0 Å². The van der Waals surface area contributed by atoms with E-state index >= 15 is 0 Å². The maximum absolute atomic E-state index is 13.2. The molecule has 2 heterocycles. The van der Waals surface area contributed by atoms with Crippen LogP contribution in [-0.4, -0.2) is 26.5 Å². The van der Waals surface area contributed by atoms with Crippen molar-refractivity contribution in [2.75, 3.05) is 0 Å². The van der Waals surface area contributed by atoms with Gasteiger partial charge in [-0.1, -0.05) is 24.3 Å². The van der Waals surface area contributed by atoms with Gasteiger partial charge in [-0.2, -0.15) is 0 Å². The summed E-state index contributed by atoms with van der Waals surface area (Å²) in [6, 6.07) is 19.1. The van der Waals surface area contributed by atoms with Gasteiger partial charge in [-0.15, -0.1) is 0 Å². The van der Waals surface area contributed by atoms with Gasteiger partial charge in [0.1, 0.15) is 23.1 Å². The number of aromatic amines is 1. The molecule has 1 saturated carbocycles. The van der Waals surface area contributed by atoms with Crippen molar-refractivity contribution in [3.63, 3.8) is 0 Å². The molecule has 7 heteroatoms. The molecule has 1 N–H and O–H groups in total. The van der Waals surface area contributed by atoms with Crippen molar-refractivity contribution in [1.29, 1.82) is 0 Å². The average Bonchev–Trinajstić information content (AvgIpc) is 3.58. The van der Waals surface area contributed by atoms with Gasteiger partial charge in [0.2, 0.25) is 0 Å². The molecule has 1 aliphatic rings. The Balaban J connectivity index is 1.16. The predicted molar refractivity (Wildman–Crippen MR) is 146 cm³/mol. The number of H-pyrrole nitrogens is 1. The number of nitrogens with one attached hydrogen (secondary N) is 1. The molecule has 0 unspecified atom stereocenters. The standard InChI is InChI=1S/C32H26FN3O3/c1-20-16-27-26(19-25(20)31-35-14-15-36-31)28(10-13-34-27)39-24-8-4-22(5-9-24)18-30(38)32(11-12-32)29(37)17-21-2-6-23(33)7-3-21/h2-10,13-16,19H,11-12,17-18H2,1H3,(H,35,36). The molecule has 194 valence electrons. The summed E-state index contributed by atoms with van der Waals surface area (Å²) in [5.41, 5.74) is 3.48. The van der Waals surface area contributed by atoms with Gasteiger partial charge in [-0.05, 0) is 78.9 Å². The highest BCUT2D eigenvalue weighted by molar-refractivity contribution is 6.11. The molecule has 2 aromatic heterocycles. The normalized spacial score (nSPS) is 13.8. The third-order valence-corrected chi connectivity index (χ3v) is 7.41. The van der Waals surface area contributed by atoms with Crippen molar-refractivity contribution in [1.82, 2.24) is 15.0 Å². The van der Waals surface area contributed by atoms with Gasteiger partial charge in [-0.3, -0.25) is 14.6 Å². The van der Waals surface area contributed by atoms with E-state index in [0.29, 0.717) is 24.3 Å². The van der Waals surface area contributed by atoms with Crippen molar-refractivity contribution < 1.29 is 18.7 Å². The summed E-state index contributed by atoms with van der Waals surface area (Å²) >= 11 is 0. The van der Waals surface area contributed by atoms with Crippen LogP contribution in [0, 0.1) is 18.2 Å².